The van der Waals surface area contributed by atoms with E-state index in [4.69, 9.17) is 4.52 Å². The lowest BCUT2D eigenvalue weighted by molar-refractivity contribution is 0.0545. The van der Waals surface area contributed by atoms with Crippen LogP contribution >= 0.6 is 0 Å². The van der Waals surface area contributed by atoms with Gasteiger partial charge in [0.05, 0.1) is 7.11 Å². The van der Waals surface area contributed by atoms with Crippen molar-refractivity contribution in [2.75, 3.05) is 38.2 Å². The smallest absolute Gasteiger partial charge is 0.397 e. The van der Waals surface area contributed by atoms with Crippen LogP contribution in [0.4, 0.5) is 5.95 Å². The number of esters is 1. The van der Waals surface area contributed by atoms with Gasteiger partial charge in [0.25, 0.3) is 5.95 Å². The van der Waals surface area contributed by atoms with Gasteiger partial charge in [-0.15, -0.1) is 0 Å². The van der Waals surface area contributed by atoms with Crippen molar-refractivity contribution in [1.29, 1.82) is 0 Å². The molecule has 1 aliphatic rings. The largest absolute Gasteiger partial charge is 0.462 e. The molecule has 1 aromatic heterocycles. The third-order valence-corrected chi connectivity index (χ3v) is 2.18. The van der Waals surface area contributed by atoms with Crippen LogP contribution in [0.3, 0.4) is 0 Å². The molecule has 1 N–H and O–H groups in total. The lowest BCUT2D eigenvalue weighted by atomic mass is 10.4. The predicted octanol–water partition coefficient (Wildman–Crippen LogP) is -0.734. The average Bonchev–Trinajstić information content (AvgIpc) is 2.78. The van der Waals surface area contributed by atoms with Gasteiger partial charge in [-0.05, 0) is 5.16 Å². The lowest BCUT2D eigenvalue weighted by Gasteiger charge is -2.25. The number of piperazine rings is 1. The maximum Gasteiger partial charge on any atom is 0.397 e. The van der Waals surface area contributed by atoms with Crippen molar-refractivity contribution in [3.63, 3.8) is 0 Å². The van der Waals surface area contributed by atoms with Crippen molar-refractivity contribution in [3.05, 3.63) is 5.89 Å². The molecule has 0 spiro atoms. The van der Waals surface area contributed by atoms with Crippen molar-refractivity contribution >= 4 is 11.9 Å². The van der Waals surface area contributed by atoms with Crippen LogP contribution in [-0.4, -0.2) is 49.4 Å². The Labute approximate surface area is 86.4 Å². The summed E-state index contributed by atoms with van der Waals surface area (Å²) in [6.07, 6.45) is 0. The molecule has 0 radical (unpaired) electrons. The molecule has 0 amide bonds. The van der Waals surface area contributed by atoms with E-state index in [1.165, 1.54) is 7.11 Å². The van der Waals surface area contributed by atoms with Crippen LogP contribution in [0.5, 0.6) is 0 Å². The Hall–Kier alpha value is -1.63. The van der Waals surface area contributed by atoms with E-state index >= 15 is 0 Å². The van der Waals surface area contributed by atoms with Gasteiger partial charge in [-0.25, -0.2) is 4.79 Å². The number of nitrogens with one attached hydrogen (secondary N) is 1. The quantitative estimate of drug-likeness (QED) is 0.647. The molecular formula is C8H12N4O3. The van der Waals surface area contributed by atoms with E-state index in [9.17, 15) is 4.79 Å². The van der Waals surface area contributed by atoms with Crippen LogP contribution in [0, 0.1) is 0 Å². The first kappa shape index (κ1) is 9.91. The van der Waals surface area contributed by atoms with E-state index in [0.717, 1.165) is 26.2 Å². The predicted molar refractivity (Wildman–Crippen MR) is 50.7 cm³/mol. The maximum atomic E-state index is 11.1. The Balaban J connectivity index is 2.08. The molecule has 7 nitrogen and oxygen atoms in total. The second kappa shape index (κ2) is 4.26. The van der Waals surface area contributed by atoms with Gasteiger partial charge in [0, 0.05) is 26.2 Å². The highest BCUT2D eigenvalue weighted by Crippen LogP contribution is 2.10. The molecule has 0 unspecified atom stereocenters. The highest BCUT2D eigenvalue weighted by molar-refractivity contribution is 5.84. The molecule has 1 fully saturated rings. The molecule has 2 heterocycles. The van der Waals surface area contributed by atoms with Gasteiger partial charge in [-0.2, -0.15) is 4.98 Å². The van der Waals surface area contributed by atoms with Gasteiger partial charge in [0.15, 0.2) is 0 Å². The summed E-state index contributed by atoms with van der Waals surface area (Å²) in [6.45, 7) is 3.37. The van der Waals surface area contributed by atoms with E-state index in [1.807, 2.05) is 4.90 Å². The number of methoxy groups -OCH3 is 1. The fourth-order valence-corrected chi connectivity index (χ4v) is 1.38. The Bertz CT molecular complexity index is 345. The number of nitrogens with zero attached hydrogens (tertiary/aromatic N) is 3. The van der Waals surface area contributed by atoms with Crippen molar-refractivity contribution in [3.8, 4) is 0 Å². The molecule has 1 saturated heterocycles. The first-order valence-electron chi connectivity index (χ1n) is 4.69. The number of aromatic nitrogens is 2. The van der Waals surface area contributed by atoms with Crippen LogP contribution in [0.2, 0.25) is 0 Å². The summed E-state index contributed by atoms with van der Waals surface area (Å²) in [5.41, 5.74) is 0. The molecular weight excluding hydrogens is 200 g/mol. The minimum atomic E-state index is -0.608. The molecule has 82 valence electrons. The highest BCUT2D eigenvalue weighted by atomic mass is 16.6. The zero-order valence-corrected chi connectivity index (χ0v) is 8.39. The summed E-state index contributed by atoms with van der Waals surface area (Å²) in [4.78, 5) is 17.0. The Morgan fingerprint density at radius 2 is 2.27 bits per heavy atom. The molecule has 7 heteroatoms. The third-order valence-electron chi connectivity index (χ3n) is 2.18. The number of ether oxygens (including phenoxy) is 1. The highest BCUT2D eigenvalue weighted by Gasteiger charge is 2.20. The standard InChI is InChI=1S/C8H12N4O3/c1-14-7(13)6-10-8(11-15-6)12-4-2-9-3-5-12/h9H,2-5H2,1H3. The Kier molecular flexibility index (Phi) is 2.82. The van der Waals surface area contributed by atoms with Gasteiger partial charge < -0.3 is 19.5 Å². The molecule has 0 bridgehead atoms. The molecule has 15 heavy (non-hydrogen) atoms. The number of hydrogen-bond donors (Lipinski definition) is 1. The lowest BCUT2D eigenvalue weighted by Crippen LogP contribution is -2.44. The van der Waals surface area contributed by atoms with Crippen molar-refractivity contribution in [1.82, 2.24) is 15.5 Å². The SMILES string of the molecule is COC(=O)c1nc(N2CCNCC2)no1. The molecule has 1 aromatic rings. The molecule has 0 saturated carbocycles. The zero-order valence-electron chi connectivity index (χ0n) is 8.39. The molecule has 0 aromatic carbocycles. The number of carbonyl (C=O) groups excluding carboxylic acids is 1. The first-order chi connectivity index (χ1) is 7.31. The third kappa shape index (κ3) is 2.07. The molecule has 0 atom stereocenters. The minimum Gasteiger partial charge on any atom is -0.462 e. The monoisotopic (exact) mass is 212 g/mol. The summed E-state index contributed by atoms with van der Waals surface area (Å²) in [5, 5.41) is 6.93. The summed E-state index contributed by atoms with van der Waals surface area (Å²) in [6, 6.07) is 0. The van der Waals surface area contributed by atoms with E-state index in [1.54, 1.807) is 0 Å². The molecule has 0 aliphatic carbocycles. The van der Waals surface area contributed by atoms with E-state index < -0.39 is 5.97 Å². The van der Waals surface area contributed by atoms with E-state index in [0.29, 0.717) is 5.95 Å². The van der Waals surface area contributed by atoms with Gasteiger partial charge in [0.2, 0.25) is 0 Å². The Morgan fingerprint density at radius 3 is 2.93 bits per heavy atom. The van der Waals surface area contributed by atoms with Gasteiger partial charge in [0.1, 0.15) is 0 Å². The average molecular weight is 212 g/mol. The summed E-state index contributed by atoms with van der Waals surface area (Å²) in [7, 11) is 1.27. The second-order valence-corrected chi connectivity index (χ2v) is 3.13. The number of carbonyl (C=O) groups is 1. The Morgan fingerprint density at radius 1 is 1.53 bits per heavy atom. The van der Waals surface area contributed by atoms with Crippen LogP contribution in [0.15, 0.2) is 4.52 Å². The second-order valence-electron chi connectivity index (χ2n) is 3.13. The van der Waals surface area contributed by atoms with Crippen molar-refractivity contribution in [2.45, 2.75) is 0 Å². The normalized spacial score (nSPS) is 16.5. The van der Waals surface area contributed by atoms with Gasteiger partial charge >= 0.3 is 11.9 Å². The van der Waals surface area contributed by atoms with Crippen LogP contribution < -0.4 is 10.2 Å². The first-order valence-corrected chi connectivity index (χ1v) is 4.69. The molecule has 1 aliphatic heterocycles. The van der Waals surface area contributed by atoms with Gasteiger partial charge in [-0.1, -0.05) is 0 Å². The molecule has 2 rings (SSSR count). The minimum absolute atomic E-state index is 0.106. The van der Waals surface area contributed by atoms with Crippen molar-refractivity contribution in [2.24, 2.45) is 0 Å². The van der Waals surface area contributed by atoms with Crippen molar-refractivity contribution < 1.29 is 14.1 Å². The van der Waals surface area contributed by atoms with Crippen LogP contribution in [0.25, 0.3) is 0 Å². The zero-order chi connectivity index (χ0) is 10.7. The number of hydrogen-bond acceptors (Lipinski definition) is 7. The summed E-state index contributed by atoms with van der Waals surface area (Å²) in [5.74, 6) is -0.271. The topological polar surface area (TPSA) is 80.5 Å². The van der Waals surface area contributed by atoms with Crippen LogP contribution in [-0.2, 0) is 4.74 Å². The van der Waals surface area contributed by atoms with E-state index in [2.05, 4.69) is 20.2 Å². The number of rotatable bonds is 2. The maximum absolute atomic E-state index is 11.1. The summed E-state index contributed by atoms with van der Waals surface area (Å²) >= 11 is 0. The fraction of sp³-hybridized carbons (Fsp3) is 0.625. The van der Waals surface area contributed by atoms with Crippen LogP contribution in [0.1, 0.15) is 10.7 Å². The van der Waals surface area contributed by atoms with E-state index in [-0.39, 0.29) is 5.89 Å². The number of anilines is 1. The summed E-state index contributed by atoms with van der Waals surface area (Å²) < 4.78 is 9.24. The fourth-order valence-electron chi connectivity index (χ4n) is 1.38. The van der Waals surface area contributed by atoms with Gasteiger partial charge in [-0.3, -0.25) is 0 Å².